The molecule has 0 saturated heterocycles. The first-order chi connectivity index (χ1) is 15.7. The summed E-state index contributed by atoms with van der Waals surface area (Å²) in [5.74, 6) is 0.501. The molecule has 0 N–H and O–H groups in total. The van der Waals surface area contributed by atoms with Crippen LogP contribution in [0, 0.1) is 32.6 Å². The van der Waals surface area contributed by atoms with E-state index in [1.165, 1.54) is 11.1 Å². The summed E-state index contributed by atoms with van der Waals surface area (Å²) in [5, 5.41) is 4.21. The van der Waals surface area contributed by atoms with Gasteiger partial charge in [-0.05, 0) is 61.6 Å². The van der Waals surface area contributed by atoms with E-state index >= 15 is 0 Å². The lowest BCUT2D eigenvalue weighted by molar-refractivity contribution is -0.0265. The van der Waals surface area contributed by atoms with Crippen molar-refractivity contribution in [1.29, 1.82) is 0 Å². The summed E-state index contributed by atoms with van der Waals surface area (Å²) in [6.45, 7) is 13.0. The average Bonchev–Trinajstić information content (AvgIpc) is 3.23. The summed E-state index contributed by atoms with van der Waals surface area (Å²) in [6.07, 6.45) is 2.88. The molecule has 4 nitrogen and oxygen atoms in total. The van der Waals surface area contributed by atoms with Crippen LogP contribution in [-0.4, -0.2) is 17.2 Å². The molecular formula is C29H35NO3. The van der Waals surface area contributed by atoms with E-state index in [9.17, 15) is 4.79 Å². The Hall–Kier alpha value is -2.88. The Morgan fingerprint density at radius 2 is 1.70 bits per heavy atom. The summed E-state index contributed by atoms with van der Waals surface area (Å²) in [4.78, 5) is 13.1. The molecule has 0 bridgehead atoms. The third-order valence-electron chi connectivity index (χ3n) is 7.40. The van der Waals surface area contributed by atoms with Crippen LogP contribution in [0.2, 0.25) is 0 Å². The SMILES string of the molecule is Cc1cc(C)c(-c2cc(C(=O)O[C@@H]3C[C@H](C)CC[C@H]3C(C)(C)c3ccccc3)on2)c(C)c1. The maximum absolute atomic E-state index is 13.1. The number of esters is 1. The lowest BCUT2D eigenvalue weighted by Crippen LogP contribution is -2.43. The average molecular weight is 446 g/mol. The van der Waals surface area contributed by atoms with E-state index in [0.29, 0.717) is 11.6 Å². The Labute approximate surface area is 197 Å². The van der Waals surface area contributed by atoms with Crippen LogP contribution in [0.1, 0.15) is 72.8 Å². The van der Waals surface area contributed by atoms with Gasteiger partial charge in [0.05, 0.1) is 0 Å². The molecule has 3 atom stereocenters. The van der Waals surface area contributed by atoms with Gasteiger partial charge in [0.25, 0.3) is 0 Å². The van der Waals surface area contributed by atoms with Crippen molar-refractivity contribution < 1.29 is 14.1 Å². The smallest absolute Gasteiger partial charge is 0.377 e. The van der Waals surface area contributed by atoms with Crippen molar-refractivity contribution in [3.8, 4) is 11.3 Å². The van der Waals surface area contributed by atoms with Gasteiger partial charge in [0.1, 0.15) is 11.8 Å². The van der Waals surface area contributed by atoms with E-state index in [0.717, 1.165) is 36.0 Å². The van der Waals surface area contributed by atoms with Gasteiger partial charge in [0.15, 0.2) is 0 Å². The molecule has 0 radical (unpaired) electrons. The number of ether oxygens (including phenoxy) is 1. The Bertz CT molecular complexity index is 1110. The molecule has 4 rings (SSSR count). The Morgan fingerprint density at radius 1 is 1.03 bits per heavy atom. The Morgan fingerprint density at radius 3 is 2.36 bits per heavy atom. The summed E-state index contributed by atoms with van der Waals surface area (Å²) >= 11 is 0. The topological polar surface area (TPSA) is 52.3 Å². The van der Waals surface area contributed by atoms with E-state index in [-0.39, 0.29) is 23.2 Å². The molecular weight excluding hydrogens is 410 g/mol. The molecule has 0 spiro atoms. The minimum Gasteiger partial charge on any atom is -0.456 e. The fraction of sp³-hybridized carbons (Fsp3) is 0.448. The first-order valence-electron chi connectivity index (χ1n) is 12.0. The number of nitrogens with zero attached hydrogens (tertiary/aromatic N) is 1. The zero-order chi connectivity index (χ0) is 23.8. The normalized spacial score (nSPS) is 21.1. The molecule has 1 aromatic heterocycles. The molecule has 0 aliphatic heterocycles. The third kappa shape index (κ3) is 4.75. The zero-order valence-corrected chi connectivity index (χ0v) is 20.6. The zero-order valence-electron chi connectivity index (χ0n) is 20.6. The highest BCUT2D eigenvalue weighted by Gasteiger charge is 2.42. The van der Waals surface area contributed by atoms with Crippen molar-refractivity contribution in [3.63, 3.8) is 0 Å². The Kier molecular flexibility index (Phi) is 6.47. The highest BCUT2D eigenvalue weighted by Crippen LogP contribution is 2.44. The molecule has 2 aromatic carbocycles. The van der Waals surface area contributed by atoms with Gasteiger partial charge >= 0.3 is 5.97 Å². The molecule has 0 amide bonds. The lowest BCUT2D eigenvalue weighted by Gasteiger charge is -2.43. The van der Waals surface area contributed by atoms with Crippen LogP contribution in [0.4, 0.5) is 0 Å². The molecule has 1 aliphatic rings. The first-order valence-corrected chi connectivity index (χ1v) is 12.0. The number of carbonyl (C=O) groups excluding carboxylic acids is 1. The van der Waals surface area contributed by atoms with Crippen LogP contribution >= 0.6 is 0 Å². The fourth-order valence-electron chi connectivity index (χ4n) is 5.64. The monoisotopic (exact) mass is 445 g/mol. The van der Waals surface area contributed by atoms with Gasteiger partial charge in [-0.15, -0.1) is 0 Å². The lowest BCUT2D eigenvalue weighted by atomic mass is 9.64. The van der Waals surface area contributed by atoms with Crippen LogP contribution in [0.5, 0.6) is 0 Å². The number of rotatable bonds is 5. The van der Waals surface area contributed by atoms with Gasteiger partial charge in [0.2, 0.25) is 5.76 Å². The van der Waals surface area contributed by atoms with E-state index < -0.39 is 5.97 Å². The number of carbonyl (C=O) groups is 1. The number of benzene rings is 2. The summed E-state index contributed by atoms with van der Waals surface area (Å²) in [6, 6.07) is 16.5. The minimum absolute atomic E-state index is 0.102. The first kappa shape index (κ1) is 23.3. The highest BCUT2D eigenvalue weighted by atomic mass is 16.6. The maximum Gasteiger partial charge on any atom is 0.377 e. The number of aromatic nitrogens is 1. The molecule has 3 aromatic rings. The highest BCUT2D eigenvalue weighted by molar-refractivity contribution is 5.88. The van der Waals surface area contributed by atoms with E-state index in [2.05, 4.69) is 83.1 Å². The number of hydrogen-bond acceptors (Lipinski definition) is 4. The molecule has 33 heavy (non-hydrogen) atoms. The van der Waals surface area contributed by atoms with Crippen molar-refractivity contribution in [2.24, 2.45) is 11.8 Å². The summed E-state index contributed by atoms with van der Waals surface area (Å²) in [5.41, 5.74) is 6.30. The standard InChI is InChI=1S/C29H35NO3/c1-18-12-13-23(29(5,6)22-10-8-7-9-11-22)25(16-18)32-28(31)26-17-24(30-33-26)27-20(3)14-19(2)15-21(27)4/h7-11,14-15,17-18,23,25H,12-13,16H2,1-6H3/t18-,23-,25-/m1/s1. The molecule has 0 unspecified atom stereocenters. The van der Waals surface area contributed by atoms with Gasteiger partial charge in [-0.1, -0.05) is 80.4 Å². The molecule has 1 heterocycles. The van der Waals surface area contributed by atoms with Crippen molar-refractivity contribution in [2.45, 2.75) is 72.3 Å². The fourth-order valence-corrected chi connectivity index (χ4v) is 5.64. The second kappa shape index (κ2) is 9.17. The van der Waals surface area contributed by atoms with Crippen molar-refractivity contribution in [3.05, 3.63) is 76.5 Å². The van der Waals surface area contributed by atoms with Crippen LogP contribution in [0.25, 0.3) is 11.3 Å². The summed E-state index contributed by atoms with van der Waals surface area (Å²) in [7, 11) is 0. The predicted octanol–water partition coefficient (Wildman–Crippen LogP) is 7.21. The molecule has 1 fully saturated rings. The van der Waals surface area contributed by atoms with Crippen LogP contribution in [-0.2, 0) is 10.2 Å². The second-order valence-corrected chi connectivity index (χ2v) is 10.4. The van der Waals surface area contributed by atoms with Crippen LogP contribution < -0.4 is 0 Å². The number of aryl methyl sites for hydroxylation is 3. The van der Waals surface area contributed by atoms with E-state index in [1.54, 1.807) is 6.07 Å². The largest absolute Gasteiger partial charge is 0.456 e. The quantitative estimate of drug-likeness (QED) is 0.389. The third-order valence-corrected chi connectivity index (χ3v) is 7.40. The Balaban J connectivity index is 1.57. The molecule has 1 aliphatic carbocycles. The van der Waals surface area contributed by atoms with Gasteiger partial charge < -0.3 is 9.26 Å². The molecule has 1 saturated carbocycles. The minimum atomic E-state index is -0.427. The van der Waals surface area contributed by atoms with Gasteiger partial charge in [-0.25, -0.2) is 4.79 Å². The van der Waals surface area contributed by atoms with E-state index in [4.69, 9.17) is 9.26 Å². The van der Waals surface area contributed by atoms with Gasteiger partial charge in [-0.3, -0.25) is 0 Å². The van der Waals surface area contributed by atoms with Gasteiger partial charge in [-0.2, -0.15) is 0 Å². The maximum atomic E-state index is 13.1. The predicted molar refractivity (Wildman–Crippen MR) is 131 cm³/mol. The molecule has 4 heteroatoms. The van der Waals surface area contributed by atoms with Crippen molar-refractivity contribution >= 4 is 5.97 Å². The van der Waals surface area contributed by atoms with Gasteiger partial charge in [0, 0.05) is 17.5 Å². The van der Waals surface area contributed by atoms with E-state index in [1.807, 2.05) is 6.07 Å². The van der Waals surface area contributed by atoms with Crippen LogP contribution in [0.15, 0.2) is 53.1 Å². The number of hydrogen-bond donors (Lipinski definition) is 0. The van der Waals surface area contributed by atoms with Crippen molar-refractivity contribution in [2.75, 3.05) is 0 Å². The summed E-state index contributed by atoms with van der Waals surface area (Å²) < 4.78 is 11.6. The second-order valence-electron chi connectivity index (χ2n) is 10.4. The molecule has 174 valence electrons. The van der Waals surface area contributed by atoms with Crippen LogP contribution in [0.3, 0.4) is 0 Å². The van der Waals surface area contributed by atoms with Crippen molar-refractivity contribution in [1.82, 2.24) is 5.16 Å².